The minimum Gasteiger partial charge on any atom is -0.466 e. The second-order valence-electron chi connectivity index (χ2n) is 9.86. The quantitative estimate of drug-likeness (QED) is 0.0791. The van der Waals surface area contributed by atoms with Crippen molar-refractivity contribution in [1.82, 2.24) is 9.80 Å². The molecular formula is C30H56N2O8. The van der Waals surface area contributed by atoms with Crippen molar-refractivity contribution in [3.8, 4) is 0 Å². The van der Waals surface area contributed by atoms with Crippen molar-refractivity contribution >= 4 is 23.9 Å². The second kappa shape index (κ2) is 27.0. The molecule has 0 atom stereocenters. The van der Waals surface area contributed by atoms with Gasteiger partial charge in [-0.1, -0.05) is 26.7 Å². The Kier molecular flexibility index (Phi) is 25.5. The largest absolute Gasteiger partial charge is 0.466 e. The van der Waals surface area contributed by atoms with Crippen molar-refractivity contribution < 1.29 is 38.1 Å². The number of carbonyl (C=O) groups excluding carboxylic acids is 4. The van der Waals surface area contributed by atoms with E-state index < -0.39 is 0 Å². The maximum absolute atomic E-state index is 12.1. The Morgan fingerprint density at radius 2 is 0.750 bits per heavy atom. The first-order valence-corrected chi connectivity index (χ1v) is 15.4. The van der Waals surface area contributed by atoms with Gasteiger partial charge >= 0.3 is 23.9 Å². The van der Waals surface area contributed by atoms with Crippen LogP contribution in [-0.2, 0) is 38.1 Å². The van der Waals surface area contributed by atoms with E-state index in [0.717, 1.165) is 64.5 Å². The predicted octanol–water partition coefficient (Wildman–Crippen LogP) is 4.52. The number of rotatable bonds is 27. The third-order valence-electron chi connectivity index (χ3n) is 6.36. The van der Waals surface area contributed by atoms with E-state index in [1.54, 1.807) is 13.8 Å². The van der Waals surface area contributed by atoms with Crippen molar-refractivity contribution in [1.29, 1.82) is 0 Å². The number of ether oxygens (including phenoxy) is 4. The van der Waals surface area contributed by atoms with E-state index in [2.05, 4.69) is 23.6 Å². The van der Waals surface area contributed by atoms with E-state index in [0.29, 0.717) is 78.3 Å². The third kappa shape index (κ3) is 23.7. The summed E-state index contributed by atoms with van der Waals surface area (Å²) in [7, 11) is 0. The van der Waals surface area contributed by atoms with Crippen molar-refractivity contribution in [3.05, 3.63) is 0 Å². The lowest BCUT2D eigenvalue weighted by atomic mass is 10.2. The number of esters is 4. The first kappa shape index (κ1) is 37.8. The van der Waals surface area contributed by atoms with E-state index in [9.17, 15) is 19.2 Å². The molecule has 234 valence electrons. The van der Waals surface area contributed by atoms with Crippen LogP contribution in [0.1, 0.15) is 105 Å². The van der Waals surface area contributed by atoms with E-state index in [1.165, 1.54) is 0 Å². The SMILES string of the molecule is CCCCN(CCC(=O)OCC)CCC(=O)OCCCCCCOC(=O)CCN(CCCC)CCC(=O)OCC. The summed E-state index contributed by atoms with van der Waals surface area (Å²) in [5.74, 6) is -0.861. The zero-order valence-electron chi connectivity index (χ0n) is 25.7. The maximum atomic E-state index is 12.1. The van der Waals surface area contributed by atoms with Gasteiger partial charge in [-0.05, 0) is 65.5 Å². The van der Waals surface area contributed by atoms with Crippen molar-refractivity contribution in [3.63, 3.8) is 0 Å². The fraction of sp³-hybridized carbons (Fsp3) is 0.867. The monoisotopic (exact) mass is 572 g/mol. The summed E-state index contributed by atoms with van der Waals surface area (Å²) in [6, 6.07) is 0. The first-order valence-electron chi connectivity index (χ1n) is 15.4. The van der Waals surface area contributed by atoms with E-state index >= 15 is 0 Å². The van der Waals surface area contributed by atoms with Gasteiger partial charge in [0.15, 0.2) is 0 Å². The summed E-state index contributed by atoms with van der Waals surface area (Å²) in [4.78, 5) is 51.7. The number of hydrogen-bond donors (Lipinski definition) is 0. The number of unbranched alkanes of at least 4 members (excludes halogenated alkanes) is 5. The molecule has 0 aromatic rings. The Morgan fingerprint density at radius 1 is 0.425 bits per heavy atom. The second-order valence-corrected chi connectivity index (χ2v) is 9.86. The summed E-state index contributed by atoms with van der Waals surface area (Å²) in [6.07, 6.45) is 8.74. The molecule has 40 heavy (non-hydrogen) atoms. The first-order chi connectivity index (χ1) is 19.4. The Balaban J connectivity index is 3.94. The van der Waals surface area contributed by atoms with Gasteiger partial charge in [0.1, 0.15) is 0 Å². The van der Waals surface area contributed by atoms with Gasteiger partial charge in [0, 0.05) is 26.2 Å². The number of hydrogen-bond acceptors (Lipinski definition) is 10. The van der Waals surface area contributed by atoms with Crippen LogP contribution in [0.4, 0.5) is 0 Å². The van der Waals surface area contributed by atoms with Crippen LogP contribution in [-0.4, -0.2) is 99.4 Å². The van der Waals surface area contributed by atoms with Gasteiger partial charge in [0.2, 0.25) is 0 Å². The van der Waals surface area contributed by atoms with E-state index in [4.69, 9.17) is 18.9 Å². The summed E-state index contributed by atoms with van der Waals surface area (Å²) < 4.78 is 20.7. The van der Waals surface area contributed by atoms with Crippen LogP contribution >= 0.6 is 0 Å². The number of nitrogens with zero attached hydrogens (tertiary/aromatic N) is 2. The zero-order valence-corrected chi connectivity index (χ0v) is 25.7. The maximum Gasteiger partial charge on any atom is 0.307 e. The molecule has 0 amide bonds. The molecule has 0 spiro atoms. The van der Waals surface area contributed by atoms with Crippen LogP contribution < -0.4 is 0 Å². The van der Waals surface area contributed by atoms with Crippen LogP contribution in [0.15, 0.2) is 0 Å². The summed E-state index contributed by atoms with van der Waals surface area (Å²) in [5, 5.41) is 0. The third-order valence-corrected chi connectivity index (χ3v) is 6.36. The highest BCUT2D eigenvalue weighted by atomic mass is 16.5. The van der Waals surface area contributed by atoms with Gasteiger partial charge in [0.05, 0.1) is 52.1 Å². The highest BCUT2D eigenvalue weighted by Crippen LogP contribution is 2.05. The lowest BCUT2D eigenvalue weighted by Gasteiger charge is -2.21. The average Bonchev–Trinajstić information content (AvgIpc) is 2.93. The molecule has 0 N–H and O–H groups in total. The Bertz CT molecular complexity index is 618. The predicted molar refractivity (Wildman–Crippen MR) is 155 cm³/mol. The minimum absolute atomic E-state index is 0.210. The zero-order chi connectivity index (χ0) is 29.8. The molecule has 0 aromatic heterocycles. The molecule has 0 saturated carbocycles. The summed E-state index contributed by atoms with van der Waals surface area (Å²) in [5.41, 5.74) is 0. The van der Waals surface area contributed by atoms with Gasteiger partial charge in [-0.3, -0.25) is 19.2 Å². The highest BCUT2D eigenvalue weighted by molar-refractivity contribution is 5.70. The van der Waals surface area contributed by atoms with Crippen LogP contribution in [0.25, 0.3) is 0 Å². The standard InChI is InChI=1S/C30H56N2O8/c1-5-9-19-31(21-15-27(33)37-7-3)23-17-29(35)39-25-13-11-12-14-26-40-30(36)18-24-32(20-10-6-2)22-16-28(34)38-8-4/h5-26H2,1-4H3. The van der Waals surface area contributed by atoms with Gasteiger partial charge < -0.3 is 28.7 Å². The molecule has 0 aliphatic rings. The van der Waals surface area contributed by atoms with Crippen LogP contribution in [0.3, 0.4) is 0 Å². The smallest absolute Gasteiger partial charge is 0.307 e. The fourth-order valence-corrected chi connectivity index (χ4v) is 3.97. The van der Waals surface area contributed by atoms with Gasteiger partial charge in [-0.2, -0.15) is 0 Å². The van der Waals surface area contributed by atoms with Crippen LogP contribution in [0.5, 0.6) is 0 Å². The molecule has 0 saturated heterocycles. The van der Waals surface area contributed by atoms with E-state index in [-0.39, 0.29) is 23.9 Å². The Labute approximate surface area is 242 Å². The molecule has 0 unspecified atom stereocenters. The summed E-state index contributed by atoms with van der Waals surface area (Å²) >= 11 is 0. The average molecular weight is 573 g/mol. The normalized spacial score (nSPS) is 11.1. The van der Waals surface area contributed by atoms with E-state index in [1.807, 2.05) is 0 Å². The minimum atomic E-state index is -0.221. The molecule has 0 aromatic carbocycles. The number of carbonyl (C=O) groups is 4. The highest BCUT2D eigenvalue weighted by Gasteiger charge is 2.13. The van der Waals surface area contributed by atoms with Gasteiger partial charge in [0.25, 0.3) is 0 Å². The Morgan fingerprint density at radius 3 is 1.05 bits per heavy atom. The molecule has 0 rings (SSSR count). The Hall–Kier alpha value is -2.20. The molecule has 0 radical (unpaired) electrons. The van der Waals surface area contributed by atoms with Gasteiger partial charge in [-0.15, -0.1) is 0 Å². The molecule has 0 fully saturated rings. The van der Waals surface area contributed by atoms with Crippen LogP contribution in [0, 0.1) is 0 Å². The van der Waals surface area contributed by atoms with Gasteiger partial charge in [-0.25, -0.2) is 0 Å². The topological polar surface area (TPSA) is 112 Å². The summed E-state index contributed by atoms with van der Waals surface area (Å²) in [6.45, 7) is 13.4. The molecule has 0 heterocycles. The van der Waals surface area contributed by atoms with Crippen molar-refractivity contribution in [2.45, 2.75) is 105 Å². The molecule has 0 aliphatic heterocycles. The molecular weight excluding hydrogens is 516 g/mol. The van der Waals surface area contributed by atoms with Crippen LogP contribution in [0.2, 0.25) is 0 Å². The lowest BCUT2D eigenvalue weighted by Crippen LogP contribution is -2.30. The lowest BCUT2D eigenvalue weighted by molar-refractivity contribution is -0.146. The molecule has 10 nitrogen and oxygen atoms in total. The van der Waals surface area contributed by atoms with Crippen molar-refractivity contribution in [2.75, 3.05) is 65.7 Å². The molecule has 0 aliphatic carbocycles. The van der Waals surface area contributed by atoms with Crippen molar-refractivity contribution in [2.24, 2.45) is 0 Å². The fourth-order valence-electron chi connectivity index (χ4n) is 3.97. The molecule has 10 heteroatoms. The molecule has 0 bridgehead atoms.